The molecule has 0 radical (unpaired) electrons. The quantitative estimate of drug-likeness (QED) is 0.137. The maximum Gasteiger partial charge on any atom is 0.336 e. The zero-order valence-corrected chi connectivity index (χ0v) is 25.3. The molecule has 10 nitrogen and oxygen atoms in total. The third kappa shape index (κ3) is 7.68. The first kappa shape index (κ1) is 31.5. The molecule has 0 saturated heterocycles. The van der Waals surface area contributed by atoms with Gasteiger partial charge in [-0.05, 0) is 43.0 Å². The molecule has 2 aromatic heterocycles. The summed E-state index contributed by atoms with van der Waals surface area (Å²) < 4.78 is 6.50. The van der Waals surface area contributed by atoms with Gasteiger partial charge in [0.2, 0.25) is 0 Å². The lowest BCUT2D eigenvalue weighted by Gasteiger charge is -2.17. The van der Waals surface area contributed by atoms with Crippen molar-refractivity contribution in [2.45, 2.75) is 84.6 Å². The van der Waals surface area contributed by atoms with Crippen molar-refractivity contribution < 1.29 is 14.3 Å². The second-order valence-corrected chi connectivity index (χ2v) is 10.7. The second-order valence-electron chi connectivity index (χ2n) is 10.7. The van der Waals surface area contributed by atoms with Gasteiger partial charge in [-0.15, -0.1) is 0 Å². The standard InChI is InChI=1S/C33H42N6O4/c1-4-7-8-9-10-11-12-15-23(5-2)35-32(41)39-31-28(37-33(39)42)27(29(34)40)36-30(38-31)26-17-14-13-16-25(26)22-18-20-24(21-19-22)43-6-3/h13-14,16-21,23H,4-12,15H2,1-3H3,(H2,34,40)(H,35,41)(H,37,42). The molecule has 0 aliphatic rings. The Bertz CT molecular complexity index is 1590. The smallest absolute Gasteiger partial charge is 0.336 e. The summed E-state index contributed by atoms with van der Waals surface area (Å²) >= 11 is 0. The van der Waals surface area contributed by atoms with Gasteiger partial charge in [-0.25, -0.2) is 19.6 Å². The molecule has 0 aliphatic carbocycles. The van der Waals surface area contributed by atoms with Gasteiger partial charge in [0.1, 0.15) is 11.3 Å². The van der Waals surface area contributed by atoms with Gasteiger partial charge in [0, 0.05) is 11.6 Å². The molecule has 0 saturated carbocycles. The number of carbonyl (C=O) groups excluding carboxylic acids is 2. The summed E-state index contributed by atoms with van der Waals surface area (Å²) in [7, 11) is 0. The van der Waals surface area contributed by atoms with E-state index in [1.54, 1.807) is 0 Å². The zero-order chi connectivity index (χ0) is 30.8. The third-order valence-electron chi connectivity index (χ3n) is 7.59. The molecule has 4 N–H and O–H groups in total. The molecule has 0 spiro atoms. The number of aromatic nitrogens is 4. The molecule has 2 heterocycles. The Morgan fingerprint density at radius 3 is 2.26 bits per heavy atom. The van der Waals surface area contributed by atoms with Crippen LogP contribution in [0.4, 0.5) is 4.79 Å². The topological polar surface area (TPSA) is 145 Å². The summed E-state index contributed by atoms with van der Waals surface area (Å²) in [4.78, 5) is 50.6. The number of amides is 2. The number of hydrogen-bond acceptors (Lipinski definition) is 6. The van der Waals surface area contributed by atoms with Gasteiger partial charge in [-0.1, -0.05) is 95.2 Å². The Balaban J connectivity index is 1.65. The fraction of sp³-hybridized carbons (Fsp3) is 0.424. The van der Waals surface area contributed by atoms with Gasteiger partial charge in [0.15, 0.2) is 17.2 Å². The molecule has 228 valence electrons. The number of benzene rings is 2. The van der Waals surface area contributed by atoms with Crippen molar-refractivity contribution in [3.63, 3.8) is 0 Å². The van der Waals surface area contributed by atoms with Gasteiger partial charge in [-0.2, -0.15) is 4.57 Å². The van der Waals surface area contributed by atoms with E-state index < -0.39 is 17.6 Å². The molecule has 4 aromatic rings. The number of rotatable bonds is 15. The van der Waals surface area contributed by atoms with E-state index in [9.17, 15) is 14.4 Å². The number of imidazole rings is 1. The monoisotopic (exact) mass is 586 g/mol. The average molecular weight is 587 g/mol. The minimum absolute atomic E-state index is 0.00595. The summed E-state index contributed by atoms with van der Waals surface area (Å²) in [5, 5.41) is 2.99. The van der Waals surface area contributed by atoms with Crippen LogP contribution in [0.2, 0.25) is 0 Å². The van der Waals surface area contributed by atoms with Crippen molar-refractivity contribution in [1.29, 1.82) is 0 Å². The predicted octanol–water partition coefficient (Wildman–Crippen LogP) is 6.43. The zero-order valence-electron chi connectivity index (χ0n) is 25.3. The molecular weight excluding hydrogens is 544 g/mol. The molecule has 0 fully saturated rings. The van der Waals surface area contributed by atoms with Crippen LogP contribution in [0.5, 0.6) is 5.75 Å². The number of ether oxygens (including phenoxy) is 1. The normalized spacial score (nSPS) is 11.9. The van der Waals surface area contributed by atoms with Gasteiger partial charge in [0.25, 0.3) is 5.91 Å². The number of nitrogens with zero attached hydrogens (tertiary/aromatic N) is 3. The van der Waals surface area contributed by atoms with Crippen LogP contribution in [-0.4, -0.2) is 44.1 Å². The Morgan fingerprint density at radius 1 is 0.930 bits per heavy atom. The van der Waals surface area contributed by atoms with Crippen LogP contribution in [0.15, 0.2) is 53.3 Å². The lowest BCUT2D eigenvalue weighted by molar-refractivity contribution is 0.0997. The predicted molar refractivity (Wildman–Crippen MR) is 169 cm³/mol. The Kier molecular flexibility index (Phi) is 11.1. The molecular formula is C33H42N6O4. The van der Waals surface area contributed by atoms with Crippen molar-refractivity contribution in [2.75, 3.05) is 6.61 Å². The lowest BCUT2D eigenvalue weighted by Crippen LogP contribution is -2.41. The minimum atomic E-state index is -0.841. The molecule has 2 amide bonds. The molecule has 1 unspecified atom stereocenters. The number of H-pyrrole nitrogens is 1. The van der Waals surface area contributed by atoms with Crippen LogP contribution in [-0.2, 0) is 0 Å². The lowest BCUT2D eigenvalue weighted by atomic mass is 9.99. The van der Waals surface area contributed by atoms with Crippen LogP contribution < -0.4 is 21.5 Å². The Labute approximate surface area is 252 Å². The Morgan fingerprint density at radius 2 is 1.60 bits per heavy atom. The van der Waals surface area contributed by atoms with Gasteiger partial charge >= 0.3 is 11.7 Å². The van der Waals surface area contributed by atoms with E-state index in [1.807, 2.05) is 62.4 Å². The van der Waals surface area contributed by atoms with Crippen molar-refractivity contribution in [3.05, 3.63) is 64.7 Å². The highest BCUT2D eigenvalue weighted by Crippen LogP contribution is 2.32. The van der Waals surface area contributed by atoms with Gasteiger partial charge < -0.3 is 20.8 Å². The summed E-state index contributed by atoms with van der Waals surface area (Å²) in [6.07, 6.45) is 9.80. The van der Waals surface area contributed by atoms with Crippen LogP contribution in [0.25, 0.3) is 33.7 Å². The summed E-state index contributed by atoms with van der Waals surface area (Å²) in [6, 6.07) is 14.3. The number of nitrogens with two attached hydrogens (primary N) is 1. The highest BCUT2D eigenvalue weighted by molar-refractivity contribution is 6.03. The first-order valence-corrected chi connectivity index (χ1v) is 15.3. The minimum Gasteiger partial charge on any atom is -0.494 e. The summed E-state index contributed by atoms with van der Waals surface area (Å²) in [6.45, 7) is 6.70. The number of carbonyl (C=O) groups is 2. The maximum atomic E-state index is 13.5. The third-order valence-corrected chi connectivity index (χ3v) is 7.59. The van der Waals surface area contributed by atoms with Gasteiger partial charge in [-0.3, -0.25) is 4.79 Å². The number of unbranched alkanes of at least 4 members (excludes halogenated alkanes) is 6. The molecule has 43 heavy (non-hydrogen) atoms. The first-order valence-electron chi connectivity index (χ1n) is 15.3. The summed E-state index contributed by atoms with van der Waals surface area (Å²) in [5.41, 5.74) is 7.12. The average Bonchev–Trinajstić information content (AvgIpc) is 3.35. The highest BCUT2D eigenvalue weighted by Gasteiger charge is 2.24. The molecule has 2 aromatic carbocycles. The molecule has 10 heteroatoms. The number of fused-ring (bicyclic) bond motifs is 1. The van der Waals surface area contributed by atoms with Crippen LogP contribution in [0.1, 0.15) is 89.0 Å². The molecule has 0 aliphatic heterocycles. The number of aromatic amines is 1. The van der Waals surface area contributed by atoms with Crippen molar-refractivity contribution >= 4 is 23.1 Å². The van der Waals surface area contributed by atoms with E-state index in [0.717, 1.165) is 47.1 Å². The van der Waals surface area contributed by atoms with Crippen LogP contribution in [0.3, 0.4) is 0 Å². The fourth-order valence-corrected chi connectivity index (χ4v) is 5.26. The maximum absolute atomic E-state index is 13.5. The second kappa shape index (κ2) is 15.1. The molecule has 0 bridgehead atoms. The van der Waals surface area contributed by atoms with Crippen molar-refractivity contribution in [3.8, 4) is 28.3 Å². The number of primary amides is 1. The highest BCUT2D eigenvalue weighted by atomic mass is 16.5. The van der Waals surface area contributed by atoms with Crippen molar-refractivity contribution in [1.82, 2.24) is 24.8 Å². The fourth-order valence-electron chi connectivity index (χ4n) is 5.26. The molecule has 1 atom stereocenters. The number of nitrogens with one attached hydrogen (secondary N) is 2. The van der Waals surface area contributed by atoms with E-state index in [1.165, 1.54) is 32.1 Å². The largest absolute Gasteiger partial charge is 0.494 e. The van der Waals surface area contributed by atoms with E-state index in [0.29, 0.717) is 12.2 Å². The van der Waals surface area contributed by atoms with Crippen molar-refractivity contribution in [2.24, 2.45) is 5.73 Å². The van der Waals surface area contributed by atoms with E-state index in [-0.39, 0.29) is 28.7 Å². The van der Waals surface area contributed by atoms with Crippen LogP contribution in [0, 0.1) is 0 Å². The number of hydrogen-bond donors (Lipinski definition) is 3. The van der Waals surface area contributed by atoms with Gasteiger partial charge in [0.05, 0.1) is 6.61 Å². The summed E-state index contributed by atoms with van der Waals surface area (Å²) in [5.74, 6) is 0.0740. The van der Waals surface area contributed by atoms with E-state index in [4.69, 9.17) is 10.5 Å². The van der Waals surface area contributed by atoms with Crippen LogP contribution >= 0.6 is 0 Å². The molecule has 4 rings (SSSR count). The first-order chi connectivity index (χ1) is 20.9. The van der Waals surface area contributed by atoms with E-state index in [2.05, 4.69) is 27.2 Å². The van der Waals surface area contributed by atoms with E-state index >= 15 is 0 Å². The Hall–Kier alpha value is -4.47. The SMILES string of the molecule is CCCCCCCCCC(CC)NC(=O)n1c(=O)[nH]c2c(C(N)=O)nc(-c3ccccc3-c3ccc(OCC)cc3)nc21.